The van der Waals surface area contributed by atoms with Crippen molar-refractivity contribution in [3.8, 4) is 0 Å². The van der Waals surface area contributed by atoms with E-state index in [1.165, 1.54) is 25.9 Å². The second-order valence-electron chi connectivity index (χ2n) is 6.94. The van der Waals surface area contributed by atoms with Gasteiger partial charge in [-0.2, -0.15) is 0 Å². The Kier molecular flexibility index (Phi) is 2.81. The number of aliphatic imine (C=N–C) groups is 1. The molecule has 2 aromatic rings. The number of rotatable bonds is 1. The zero-order valence-electron chi connectivity index (χ0n) is 13.2. The SMILES string of the molecule is Cc1nc2ccc(N=C3CC4(CN5CCC4CC5)ON3)cc2o1. The molecule has 2 bridgehead atoms. The van der Waals surface area contributed by atoms with Crippen molar-refractivity contribution in [3.05, 3.63) is 24.1 Å². The van der Waals surface area contributed by atoms with Gasteiger partial charge in [0.05, 0.1) is 5.69 Å². The highest BCUT2D eigenvalue weighted by atomic mass is 16.7. The van der Waals surface area contributed by atoms with Gasteiger partial charge in [-0.1, -0.05) is 0 Å². The van der Waals surface area contributed by atoms with E-state index >= 15 is 0 Å². The number of fused-ring (bicyclic) bond motifs is 3. The minimum atomic E-state index is -0.0811. The predicted octanol–water partition coefficient (Wildman–Crippen LogP) is 2.56. The summed E-state index contributed by atoms with van der Waals surface area (Å²) in [7, 11) is 0. The fourth-order valence-electron chi connectivity index (χ4n) is 4.27. The molecule has 1 aromatic heterocycles. The van der Waals surface area contributed by atoms with E-state index in [-0.39, 0.29) is 5.60 Å². The van der Waals surface area contributed by atoms with Crippen LogP contribution in [0.5, 0.6) is 0 Å². The maximum absolute atomic E-state index is 6.03. The zero-order chi connectivity index (χ0) is 15.4. The van der Waals surface area contributed by atoms with Crippen LogP contribution >= 0.6 is 0 Å². The molecule has 0 radical (unpaired) electrons. The van der Waals surface area contributed by atoms with Gasteiger partial charge in [-0.25, -0.2) is 9.98 Å². The van der Waals surface area contributed by atoms with Gasteiger partial charge in [0.25, 0.3) is 0 Å². The van der Waals surface area contributed by atoms with Crippen LogP contribution < -0.4 is 5.48 Å². The second-order valence-corrected chi connectivity index (χ2v) is 6.94. The maximum Gasteiger partial charge on any atom is 0.192 e. The molecule has 4 aliphatic rings. The number of aryl methyl sites for hydroxylation is 1. The quantitative estimate of drug-likeness (QED) is 0.877. The number of nitrogens with one attached hydrogen (secondary N) is 1. The van der Waals surface area contributed by atoms with Crippen LogP contribution in [0.4, 0.5) is 5.69 Å². The molecule has 0 saturated carbocycles. The monoisotopic (exact) mass is 312 g/mol. The van der Waals surface area contributed by atoms with Crippen molar-refractivity contribution < 1.29 is 9.25 Å². The van der Waals surface area contributed by atoms with Gasteiger partial charge >= 0.3 is 0 Å². The first kappa shape index (κ1) is 13.5. The Morgan fingerprint density at radius 3 is 3.00 bits per heavy atom. The molecule has 120 valence electrons. The molecule has 6 rings (SSSR count). The van der Waals surface area contributed by atoms with Crippen LogP contribution in [-0.2, 0) is 4.84 Å². The molecule has 1 unspecified atom stereocenters. The zero-order valence-corrected chi connectivity index (χ0v) is 13.2. The molecule has 6 nitrogen and oxygen atoms in total. The fourth-order valence-corrected chi connectivity index (χ4v) is 4.27. The highest BCUT2D eigenvalue weighted by Gasteiger charge is 2.52. The molecule has 4 aliphatic heterocycles. The van der Waals surface area contributed by atoms with E-state index in [4.69, 9.17) is 14.2 Å². The summed E-state index contributed by atoms with van der Waals surface area (Å²) in [6.45, 7) is 5.30. The summed E-state index contributed by atoms with van der Waals surface area (Å²) in [5.74, 6) is 2.24. The number of hydroxylamine groups is 1. The van der Waals surface area contributed by atoms with Gasteiger partial charge in [0, 0.05) is 26.0 Å². The molecule has 4 fully saturated rings. The largest absolute Gasteiger partial charge is 0.441 e. The maximum atomic E-state index is 6.03. The van der Waals surface area contributed by atoms with Crippen LogP contribution in [0, 0.1) is 12.8 Å². The predicted molar refractivity (Wildman–Crippen MR) is 86.6 cm³/mol. The molecular formula is C17H20N4O2. The Labute approximate surface area is 134 Å². The molecule has 1 N–H and O–H groups in total. The Hall–Kier alpha value is -1.92. The van der Waals surface area contributed by atoms with Gasteiger partial charge in [0.1, 0.15) is 17.0 Å². The van der Waals surface area contributed by atoms with Gasteiger partial charge in [-0.15, -0.1) is 0 Å². The van der Waals surface area contributed by atoms with Crippen LogP contribution in [0.1, 0.15) is 25.2 Å². The molecule has 1 aromatic carbocycles. The van der Waals surface area contributed by atoms with Crippen LogP contribution in [-0.4, -0.2) is 41.0 Å². The van der Waals surface area contributed by atoms with Gasteiger partial charge in [-0.05, 0) is 44.0 Å². The molecule has 5 heterocycles. The van der Waals surface area contributed by atoms with E-state index in [9.17, 15) is 0 Å². The average molecular weight is 312 g/mol. The van der Waals surface area contributed by atoms with E-state index in [2.05, 4.69) is 15.4 Å². The van der Waals surface area contributed by atoms with Crippen molar-refractivity contribution in [1.82, 2.24) is 15.4 Å². The summed E-state index contributed by atoms with van der Waals surface area (Å²) >= 11 is 0. The summed E-state index contributed by atoms with van der Waals surface area (Å²) in [6, 6.07) is 5.86. The normalized spacial score (nSPS) is 34.6. The molecule has 4 saturated heterocycles. The lowest BCUT2D eigenvalue weighted by Crippen LogP contribution is -2.59. The van der Waals surface area contributed by atoms with Crippen molar-refractivity contribution >= 4 is 22.6 Å². The first-order valence-electron chi connectivity index (χ1n) is 8.31. The minimum Gasteiger partial charge on any atom is -0.441 e. The third-order valence-electron chi connectivity index (χ3n) is 5.40. The molecule has 0 aliphatic carbocycles. The number of oxazole rings is 1. The van der Waals surface area contributed by atoms with Crippen LogP contribution in [0.3, 0.4) is 0 Å². The third-order valence-corrected chi connectivity index (χ3v) is 5.40. The lowest BCUT2D eigenvalue weighted by atomic mass is 9.74. The number of benzene rings is 1. The van der Waals surface area contributed by atoms with Crippen molar-refractivity contribution in [2.45, 2.75) is 31.8 Å². The van der Waals surface area contributed by atoms with Crippen LogP contribution in [0.25, 0.3) is 11.1 Å². The number of piperidine rings is 3. The van der Waals surface area contributed by atoms with E-state index < -0.39 is 0 Å². The van der Waals surface area contributed by atoms with Crippen molar-refractivity contribution in [3.63, 3.8) is 0 Å². The van der Waals surface area contributed by atoms with E-state index in [0.717, 1.165) is 35.6 Å². The molecule has 1 atom stereocenters. The molecule has 1 spiro atoms. The fraction of sp³-hybridized carbons (Fsp3) is 0.529. The minimum absolute atomic E-state index is 0.0811. The van der Waals surface area contributed by atoms with Crippen LogP contribution in [0.15, 0.2) is 27.6 Å². The first-order valence-corrected chi connectivity index (χ1v) is 8.31. The Morgan fingerprint density at radius 2 is 2.22 bits per heavy atom. The summed E-state index contributed by atoms with van der Waals surface area (Å²) in [4.78, 5) is 17.6. The first-order chi connectivity index (χ1) is 11.2. The highest BCUT2D eigenvalue weighted by Crippen LogP contribution is 2.42. The van der Waals surface area contributed by atoms with Crippen molar-refractivity contribution in [1.29, 1.82) is 0 Å². The summed E-state index contributed by atoms with van der Waals surface area (Å²) in [5.41, 5.74) is 5.52. The standard InChI is InChI=1S/C17H20N4O2/c1-11-18-14-3-2-13(8-15(14)22-11)19-16-9-17(23-20-16)10-21-6-4-12(17)5-7-21/h2-3,8,12H,4-7,9-10H2,1H3,(H,19,20). The van der Waals surface area contributed by atoms with Gasteiger partial charge in [0.15, 0.2) is 11.5 Å². The lowest BCUT2D eigenvalue weighted by molar-refractivity contribution is -0.150. The summed E-state index contributed by atoms with van der Waals surface area (Å²) < 4.78 is 5.58. The molecule has 0 amide bonds. The summed E-state index contributed by atoms with van der Waals surface area (Å²) in [6.07, 6.45) is 3.33. The Morgan fingerprint density at radius 1 is 1.35 bits per heavy atom. The molecular weight excluding hydrogens is 292 g/mol. The smallest absolute Gasteiger partial charge is 0.192 e. The summed E-state index contributed by atoms with van der Waals surface area (Å²) in [5, 5.41) is 0. The number of amidine groups is 1. The van der Waals surface area contributed by atoms with Crippen molar-refractivity contribution in [2.75, 3.05) is 19.6 Å². The van der Waals surface area contributed by atoms with Gasteiger partial charge in [-0.3, -0.25) is 10.3 Å². The van der Waals surface area contributed by atoms with Crippen LogP contribution in [0.2, 0.25) is 0 Å². The topological polar surface area (TPSA) is 62.9 Å². The van der Waals surface area contributed by atoms with E-state index in [0.29, 0.717) is 11.8 Å². The lowest BCUT2D eigenvalue weighted by Gasteiger charge is -2.49. The molecule has 6 heteroatoms. The van der Waals surface area contributed by atoms with Gasteiger partial charge in [0.2, 0.25) is 0 Å². The number of nitrogens with zero attached hydrogens (tertiary/aromatic N) is 3. The van der Waals surface area contributed by atoms with Crippen molar-refractivity contribution in [2.24, 2.45) is 10.9 Å². The third kappa shape index (κ3) is 2.16. The Bertz CT molecular complexity index is 791. The Balaban J connectivity index is 1.42. The average Bonchev–Trinajstić information content (AvgIpc) is 3.11. The van der Waals surface area contributed by atoms with E-state index in [1.54, 1.807) is 0 Å². The second kappa shape index (κ2) is 4.79. The number of hydrogen-bond acceptors (Lipinski definition) is 5. The van der Waals surface area contributed by atoms with E-state index in [1.807, 2.05) is 25.1 Å². The van der Waals surface area contributed by atoms with Gasteiger partial charge < -0.3 is 9.32 Å². The number of hydrogen-bond donors (Lipinski definition) is 1. The molecule has 23 heavy (non-hydrogen) atoms. The number of aromatic nitrogens is 1. The highest BCUT2D eigenvalue weighted by molar-refractivity contribution is 5.87.